The zero-order chi connectivity index (χ0) is 44.4. The summed E-state index contributed by atoms with van der Waals surface area (Å²) >= 11 is 0. The fourth-order valence-electron chi connectivity index (χ4n) is 12.7. The van der Waals surface area contributed by atoms with Crippen molar-refractivity contribution in [2.75, 3.05) is 15.1 Å². The lowest BCUT2D eigenvalue weighted by Gasteiger charge is -2.30. The molecule has 13 rings (SSSR count). The first-order valence-electron chi connectivity index (χ1n) is 24.4. The quantitative estimate of drug-likeness (QED) is 0.156. The molecule has 0 aliphatic heterocycles. The van der Waals surface area contributed by atoms with Gasteiger partial charge in [-0.15, -0.1) is 0 Å². The molecule has 324 valence electrons. The summed E-state index contributed by atoms with van der Waals surface area (Å²) in [5.74, 6) is 0. The van der Waals surface area contributed by atoms with E-state index >= 15 is 0 Å². The molecule has 9 aromatic carbocycles. The lowest BCUT2D eigenvalue weighted by Crippen LogP contribution is -2.21. The Bertz CT molecular complexity index is 3210. The second kappa shape index (κ2) is 16.1. The minimum absolute atomic E-state index is 0.0821. The van der Waals surface area contributed by atoms with E-state index in [1.54, 1.807) is 0 Å². The summed E-state index contributed by atoms with van der Waals surface area (Å²) in [7, 11) is 0. The van der Waals surface area contributed by atoms with E-state index in [2.05, 4.69) is 234 Å². The van der Waals surface area contributed by atoms with Crippen LogP contribution in [0.4, 0.5) is 45.5 Å². The summed E-state index contributed by atoms with van der Waals surface area (Å²) in [6.45, 7) is 0. The van der Waals surface area contributed by atoms with Crippen molar-refractivity contribution in [1.82, 2.24) is 0 Å². The SMILES string of the molecule is c1ccc(N(c2ccccc2)c2ccc(N(c3ccc(-c4ccc(Nc5ccc6c(c5)C5(CCCC5)c5ccccc5-6)cc4)cc3)c3ccc4c(c3)C3(CCCC3)c3ccccc3-4)cc2)cc1. The fraction of sp³-hybridized carbons (Fsp3) is 0.156. The summed E-state index contributed by atoms with van der Waals surface area (Å²) in [5, 5.41) is 3.77. The predicted molar refractivity (Wildman–Crippen MR) is 280 cm³/mol. The maximum Gasteiger partial charge on any atom is 0.0465 e. The first-order valence-corrected chi connectivity index (χ1v) is 24.4. The third-order valence-corrected chi connectivity index (χ3v) is 15.7. The number of anilines is 8. The van der Waals surface area contributed by atoms with Crippen molar-refractivity contribution in [3.8, 4) is 33.4 Å². The number of fused-ring (bicyclic) bond motifs is 10. The first kappa shape index (κ1) is 39.7. The third-order valence-electron chi connectivity index (χ3n) is 15.7. The predicted octanol–water partition coefficient (Wildman–Crippen LogP) is 17.7. The molecule has 1 N–H and O–H groups in total. The molecule has 2 saturated carbocycles. The minimum atomic E-state index is 0.0821. The molecular weight excluding hydrogens is 811 g/mol. The zero-order valence-electron chi connectivity index (χ0n) is 37.8. The Morgan fingerprint density at radius 2 is 0.642 bits per heavy atom. The van der Waals surface area contributed by atoms with E-state index in [4.69, 9.17) is 0 Å². The zero-order valence-corrected chi connectivity index (χ0v) is 37.8. The fourth-order valence-corrected chi connectivity index (χ4v) is 12.7. The average Bonchev–Trinajstić information content (AvgIpc) is 4.20. The Morgan fingerprint density at radius 1 is 0.284 bits per heavy atom. The topological polar surface area (TPSA) is 18.5 Å². The normalized spacial score (nSPS) is 15.5. The van der Waals surface area contributed by atoms with Gasteiger partial charge in [0.1, 0.15) is 0 Å². The molecule has 0 saturated heterocycles. The van der Waals surface area contributed by atoms with Gasteiger partial charge in [-0.25, -0.2) is 0 Å². The van der Waals surface area contributed by atoms with Gasteiger partial charge in [0.2, 0.25) is 0 Å². The number of nitrogens with zero attached hydrogens (tertiary/aromatic N) is 2. The van der Waals surface area contributed by atoms with Gasteiger partial charge < -0.3 is 15.1 Å². The van der Waals surface area contributed by atoms with E-state index in [-0.39, 0.29) is 10.8 Å². The van der Waals surface area contributed by atoms with Crippen LogP contribution in [0.15, 0.2) is 218 Å². The molecule has 0 heterocycles. The van der Waals surface area contributed by atoms with E-state index in [0.717, 1.165) is 39.8 Å². The van der Waals surface area contributed by atoms with Crippen molar-refractivity contribution in [2.45, 2.75) is 62.2 Å². The Balaban J connectivity index is 0.829. The van der Waals surface area contributed by atoms with Crippen LogP contribution < -0.4 is 15.1 Å². The summed E-state index contributed by atoms with van der Waals surface area (Å²) in [4.78, 5) is 4.78. The molecule has 4 aliphatic carbocycles. The molecule has 0 amide bonds. The third kappa shape index (κ3) is 6.55. The van der Waals surface area contributed by atoms with Crippen LogP contribution in [0.3, 0.4) is 0 Å². The second-order valence-corrected chi connectivity index (χ2v) is 19.3. The highest BCUT2D eigenvalue weighted by Crippen LogP contribution is 2.59. The van der Waals surface area contributed by atoms with Crippen molar-refractivity contribution in [2.24, 2.45) is 0 Å². The number of hydrogen-bond acceptors (Lipinski definition) is 3. The molecule has 0 unspecified atom stereocenters. The van der Waals surface area contributed by atoms with Gasteiger partial charge >= 0.3 is 0 Å². The molecule has 0 atom stereocenters. The Hall–Kier alpha value is -7.62. The van der Waals surface area contributed by atoms with E-state index in [9.17, 15) is 0 Å². The van der Waals surface area contributed by atoms with Crippen molar-refractivity contribution < 1.29 is 0 Å². The van der Waals surface area contributed by atoms with Gasteiger partial charge in [0, 0.05) is 56.3 Å². The molecular formula is C64H53N3. The summed E-state index contributed by atoms with van der Waals surface area (Å²) in [5.41, 5.74) is 23.4. The average molecular weight is 864 g/mol. The van der Waals surface area contributed by atoms with Gasteiger partial charge in [-0.3, -0.25) is 0 Å². The van der Waals surface area contributed by atoms with Gasteiger partial charge in [0.25, 0.3) is 0 Å². The minimum Gasteiger partial charge on any atom is -0.356 e. The number of hydrogen-bond donors (Lipinski definition) is 1. The maximum atomic E-state index is 3.77. The molecule has 4 aliphatic rings. The number of rotatable bonds is 9. The van der Waals surface area contributed by atoms with Crippen LogP contribution in [0.5, 0.6) is 0 Å². The van der Waals surface area contributed by atoms with Crippen LogP contribution in [0.1, 0.15) is 73.6 Å². The number of nitrogens with one attached hydrogen (secondary N) is 1. The van der Waals surface area contributed by atoms with Crippen molar-refractivity contribution in [3.63, 3.8) is 0 Å². The van der Waals surface area contributed by atoms with Crippen LogP contribution in [-0.2, 0) is 10.8 Å². The highest BCUT2D eigenvalue weighted by atomic mass is 15.2. The molecule has 0 bridgehead atoms. The summed E-state index contributed by atoms with van der Waals surface area (Å²) in [6, 6.07) is 81.1. The molecule has 3 heteroatoms. The van der Waals surface area contributed by atoms with Crippen LogP contribution in [-0.4, -0.2) is 0 Å². The monoisotopic (exact) mass is 863 g/mol. The van der Waals surface area contributed by atoms with E-state index in [1.807, 2.05) is 0 Å². The Morgan fingerprint density at radius 3 is 1.16 bits per heavy atom. The Labute approximate surface area is 395 Å². The van der Waals surface area contributed by atoms with Crippen molar-refractivity contribution >= 4 is 45.5 Å². The summed E-state index contributed by atoms with van der Waals surface area (Å²) in [6.07, 6.45) is 10.0. The van der Waals surface area contributed by atoms with Crippen LogP contribution >= 0.6 is 0 Å². The molecule has 0 radical (unpaired) electrons. The molecule has 3 nitrogen and oxygen atoms in total. The lowest BCUT2D eigenvalue weighted by atomic mass is 9.76. The molecule has 67 heavy (non-hydrogen) atoms. The highest BCUT2D eigenvalue weighted by molar-refractivity contribution is 5.88. The smallest absolute Gasteiger partial charge is 0.0465 e. The number of benzene rings is 9. The largest absolute Gasteiger partial charge is 0.356 e. The van der Waals surface area contributed by atoms with Gasteiger partial charge in [-0.05, 0) is 178 Å². The Kier molecular flexibility index (Phi) is 9.52. The van der Waals surface area contributed by atoms with Crippen molar-refractivity contribution in [3.05, 3.63) is 241 Å². The highest BCUT2D eigenvalue weighted by Gasteiger charge is 2.46. The first-order chi connectivity index (χ1) is 33.1. The van der Waals surface area contributed by atoms with E-state index in [0.29, 0.717) is 0 Å². The molecule has 0 aromatic heterocycles. The van der Waals surface area contributed by atoms with Gasteiger partial charge in [0.15, 0.2) is 0 Å². The van der Waals surface area contributed by atoms with Crippen LogP contribution in [0, 0.1) is 0 Å². The molecule has 2 spiro atoms. The van der Waals surface area contributed by atoms with Crippen molar-refractivity contribution in [1.29, 1.82) is 0 Å². The van der Waals surface area contributed by atoms with Crippen LogP contribution in [0.2, 0.25) is 0 Å². The van der Waals surface area contributed by atoms with E-state index < -0.39 is 0 Å². The van der Waals surface area contributed by atoms with Gasteiger partial charge in [-0.1, -0.05) is 147 Å². The van der Waals surface area contributed by atoms with Gasteiger partial charge in [-0.2, -0.15) is 0 Å². The molecule has 2 fully saturated rings. The van der Waals surface area contributed by atoms with E-state index in [1.165, 1.54) is 113 Å². The maximum absolute atomic E-state index is 3.77. The van der Waals surface area contributed by atoms with Crippen LogP contribution in [0.25, 0.3) is 33.4 Å². The molecule has 9 aromatic rings. The summed E-state index contributed by atoms with van der Waals surface area (Å²) < 4.78 is 0. The van der Waals surface area contributed by atoms with Gasteiger partial charge in [0.05, 0.1) is 0 Å². The lowest BCUT2D eigenvalue weighted by molar-refractivity contribution is 0.550. The standard InChI is InChI=1S/C64H53N3/c1-3-15-49(16-4-1)66(50-17-5-2-6-18-50)52-32-34-53(35-33-52)67(54-36-38-58-56-20-8-10-22-60(56)64(62(58)44-54)41-13-14-42-64)51-30-25-46(26-31-51)45-23-27-47(28-24-45)65-48-29-37-57-55-19-7-9-21-59(55)63(61(57)43-48)39-11-12-40-63/h1-10,15-38,43-44,65H,11-14,39-42H2. The second-order valence-electron chi connectivity index (χ2n) is 19.3. The number of para-hydroxylation sites is 2.